The van der Waals surface area contributed by atoms with Crippen LogP contribution in [0.25, 0.3) is 22.2 Å². The number of fused-ring (bicyclic) bond motifs is 1. The summed E-state index contributed by atoms with van der Waals surface area (Å²) < 4.78 is 54.8. The van der Waals surface area contributed by atoms with Crippen molar-refractivity contribution in [1.82, 2.24) is 19.4 Å². The second kappa shape index (κ2) is 11.3. The summed E-state index contributed by atoms with van der Waals surface area (Å²) in [6.07, 6.45) is 3.86. The minimum absolute atomic E-state index is 0.0897. The Morgan fingerprint density at radius 3 is 2.89 bits per heavy atom. The smallest absolute Gasteiger partial charge is 0.247 e. The Kier molecular flexibility index (Phi) is 5.79. The van der Waals surface area contributed by atoms with E-state index in [0.29, 0.717) is 23.7 Å². The number of aryl methyl sites for hydroxylation is 1. The van der Waals surface area contributed by atoms with E-state index in [1.165, 1.54) is 18.1 Å². The molecule has 2 heterocycles. The molecule has 0 saturated heterocycles. The number of methoxy groups -OCH3 is 1. The third kappa shape index (κ3) is 5.81. The summed E-state index contributed by atoms with van der Waals surface area (Å²) in [4.78, 5) is 25.0. The van der Waals surface area contributed by atoms with E-state index in [9.17, 15) is 4.79 Å². The predicted octanol–water partition coefficient (Wildman–Crippen LogP) is 4.36. The Balaban J connectivity index is 1.80. The zero-order chi connectivity index (χ0) is 31.5. The van der Waals surface area contributed by atoms with E-state index < -0.39 is 25.5 Å². The van der Waals surface area contributed by atoms with Gasteiger partial charge in [0, 0.05) is 78.1 Å². The summed E-state index contributed by atoms with van der Waals surface area (Å²) in [6, 6.07) is 12.1. The summed E-state index contributed by atoms with van der Waals surface area (Å²) in [6.45, 7) is -3.05. The molecule has 8 heteroatoms. The fourth-order valence-electron chi connectivity index (χ4n) is 4.19. The van der Waals surface area contributed by atoms with Crippen molar-refractivity contribution in [2.45, 2.75) is 6.42 Å². The number of ether oxygens (including phenoxy) is 1. The summed E-state index contributed by atoms with van der Waals surface area (Å²) in [5.74, 6) is -0.186. The fourth-order valence-corrected chi connectivity index (χ4v) is 4.19. The molecule has 0 saturated carbocycles. The largest absolute Gasteiger partial charge is 0.496 e. The zero-order valence-electron chi connectivity index (χ0n) is 27.4. The van der Waals surface area contributed by atoms with Gasteiger partial charge in [-0.3, -0.25) is 4.79 Å². The highest BCUT2D eigenvalue weighted by Crippen LogP contribution is 2.35. The molecule has 4 rings (SSSR count). The van der Waals surface area contributed by atoms with Gasteiger partial charge in [-0.25, -0.2) is 9.97 Å². The van der Waals surface area contributed by atoms with Crippen molar-refractivity contribution in [3.63, 3.8) is 0 Å². The molecule has 0 aliphatic carbocycles. The third-order valence-corrected chi connectivity index (χ3v) is 6.05. The topological polar surface area (TPSA) is 75.5 Å². The molecular weight excluding hydrogens is 464 g/mol. The minimum Gasteiger partial charge on any atom is -0.496 e. The van der Waals surface area contributed by atoms with E-state index in [-0.39, 0.29) is 24.3 Å². The number of hydrogen-bond donors (Lipinski definition) is 1. The SMILES string of the molecule is [2H]C([2H])=C([2H])C(=O)Nc1cc(Cc2nccc(-c3cn(C)c4ccccc34)n2)c(OC)cc1N(CCN(C)C)C([2H])([2H])[2H]. The van der Waals surface area contributed by atoms with Gasteiger partial charge in [-0.05, 0) is 38.3 Å². The molecule has 1 N–H and O–H groups in total. The highest BCUT2D eigenvalue weighted by Gasteiger charge is 2.17. The normalized spacial score (nSPS) is 13.6. The molecule has 0 spiro atoms. The molecule has 0 atom stereocenters. The molecule has 0 fully saturated rings. The van der Waals surface area contributed by atoms with Gasteiger partial charge in [-0.2, -0.15) is 0 Å². The van der Waals surface area contributed by atoms with Crippen molar-refractivity contribution in [2.75, 3.05) is 51.5 Å². The van der Waals surface area contributed by atoms with Crippen LogP contribution in [-0.2, 0) is 18.3 Å². The molecule has 0 unspecified atom stereocenters. The molecule has 8 nitrogen and oxygen atoms in total. The summed E-state index contributed by atoms with van der Waals surface area (Å²) in [5, 5.41) is 3.59. The average Bonchev–Trinajstić information content (AvgIpc) is 3.29. The molecule has 37 heavy (non-hydrogen) atoms. The van der Waals surface area contributed by atoms with Crippen molar-refractivity contribution < 1.29 is 17.8 Å². The van der Waals surface area contributed by atoms with E-state index in [2.05, 4.69) is 10.3 Å². The van der Waals surface area contributed by atoms with Crippen molar-refractivity contribution in [1.29, 1.82) is 0 Å². The van der Waals surface area contributed by atoms with Crippen LogP contribution in [0.3, 0.4) is 0 Å². The number of likely N-dealkylation sites (N-methyl/N-ethyl adjacent to an activating group) is 2. The second-order valence-electron chi connectivity index (χ2n) is 8.92. The summed E-state index contributed by atoms with van der Waals surface area (Å²) in [7, 11) is 7.07. The number of benzene rings is 2. The molecule has 0 bridgehead atoms. The second-order valence-corrected chi connectivity index (χ2v) is 8.92. The first kappa shape index (κ1) is 19.0. The zero-order valence-corrected chi connectivity index (χ0v) is 21.4. The van der Waals surface area contributed by atoms with E-state index >= 15 is 0 Å². The maximum absolute atomic E-state index is 12.8. The first-order valence-electron chi connectivity index (χ1n) is 14.7. The first-order chi connectivity index (χ1) is 20.3. The van der Waals surface area contributed by atoms with Gasteiger partial charge in [0.2, 0.25) is 5.91 Å². The van der Waals surface area contributed by atoms with Crippen molar-refractivity contribution in [3.8, 4) is 17.0 Å². The van der Waals surface area contributed by atoms with Crippen LogP contribution in [-0.4, -0.2) is 66.6 Å². The number of aromatic nitrogens is 3. The van der Waals surface area contributed by atoms with Crippen LogP contribution in [0.1, 0.15) is 19.6 Å². The number of rotatable bonds is 10. The number of carbonyl (C=O) groups is 1. The van der Waals surface area contributed by atoms with Gasteiger partial charge >= 0.3 is 0 Å². The van der Waals surface area contributed by atoms with Crippen molar-refractivity contribution >= 4 is 28.2 Å². The van der Waals surface area contributed by atoms with Crippen LogP contribution < -0.4 is 15.0 Å². The van der Waals surface area contributed by atoms with Gasteiger partial charge in [-0.1, -0.05) is 24.7 Å². The van der Waals surface area contributed by atoms with Crippen LogP contribution >= 0.6 is 0 Å². The van der Waals surface area contributed by atoms with Gasteiger partial charge in [0.1, 0.15) is 11.6 Å². The van der Waals surface area contributed by atoms with Crippen molar-refractivity contribution in [3.05, 3.63) is 78.8 Å². The number of nitrogens with zero attached hydrogens (tertiary/aromatic N) is 5. The fraction of sp³-hybridized carbons (Fsp3) is 0.276. The Morgan fingerprint density at radius 2 is 2.14 bits per heavy atom. The molecule has 1 amide bonds. The average molecular weight is 505 g/mol. The summed E-state index contributed by atoms with van der Waals surface area (Å²) >= 11 is 0. The highest BCUT2D eigenvalue weighted by molar-refractivity contribution is 6.01. The molecular formula is C29H34N6O2. The van der Waals surface area contributed by atoms with Crippen LogP contribution in [0.5, 0.6) is 5.75 Å². The van der Waals surface area contributed by atoms with E-state index in [1.807, 2.05) is 67.1 Å². The lowest BCUT2D eigenvalue weighted by molar-refractivity contribution is -0.111. The van der Waals surface area contributed by atoms with Gasteiger partial charge in [0.25, 0.3) is 0 Å². The Bertz CT molecular complexity index is 1660. The molecule has 0 radical (unpaired) electrons. The van der Waals surface area contributed by atoms with Gasteiger partial charge in [0.05, 0.1) is 28.3 Å². The van der Waals surface area contributed by atoms with Gasteiger partial charge in [-0.15, -0.1) is 0 Å². The highest BCUT2D eigenvalue weighted by atomic mass is 16.5. The Labute approximate surface area is 226 Å². The molecule has 192 valence electrons. The van der Waals surface area contributed by atoms with Crippen LogP contribution in [0.15, 0.2) is 67.4 Å². The van der Waals surface area contributed by atoms with E-state index in [0.717, 1.165) is 22.2 Å². The lowest BCUT2D eigenvalue weighted by Gasteiger charge is -2.25. The number of carbonyl (C=O) groups excluding carboxylic acids is 1. The molecule has 4 aromatic rings. The maximum atomic E-state index is 12.8. The number of amides is 1. The van der Waals surface area contributed by atoms with Crippen LogP contribution in [0.2, 0.25) is 0 Å². The van der Waals surface area contributed by atoms with Gasteiger partial charge < -0.3 is 24.4 Å². The first-order valence-corrected chi connectivity index (χ1v) is 11.7. The molecule has 0 aliphatic heterocycles. The Morgan fingerprint density at radius 1 is 1.30 bits per heavy atom. The summed E-state index contributed by atoms with van der Waals surface area (Å²) in [5.41, 5.74) is 3.53. The van der Waals surface area contributed by atoms with Gasteiger partial charge in [0.15, 0.2) is 0 Å². The predicted molar refractivity (Wildman–Crippen MR) is 150 cm³/mol. The maximum Gasteiger partial charge on any atom is 0.247 e. The van der Waals surface area contributed by atoms with E-state index in [1.54, 1.807) is 12.3 Å². The van der Waals surface area contributed by atoms with E-state index in [4.69, 9.17) is 17.9 Å². The number of anilines is 2. The lowest BCUT2D eigenvalue weighted by Crippen LogP contribution is -2.29. The lowest BCUT2D eigenvalue weighted by atomic mass is 10.1. The number of hydrogen-bond acceptors (Lipinski definition) is 6. The Hall–Kier alpha value is -4.17. The molecule has 2 aromatic heterocycles. The minimum atomic E-state index is -2.58. The number of nitrogens with one attached hydrogen (secondary N) is 1. The molecule has 0 aliphatic rings. The van der Waals surface area contributed by atoms with Crippen LogP contribution in [0.4, 0.5) is 11.4 Å². The monoisotopic (exact) mass is 504 g/mol. The number of para-hydroxylation sites is 1. The quantitative estimate of drug-likeness (QED) is 0.324. The molecule has 2 aromatic carbocycles. The standard InChI is InChI=1S/C29H34N6O2/c1-7-29(36)32-24-16-20(27(37-6)18-26(24)34(4)15-14-33(2)3)17-28-30-13-12-23(31-28)22-19-35(5)25-11-9-8-10-21(22)25/h7-13,16,18-19H,1,14-15,17H2,2-6H3,(H,32,36)/i1D2,4D3,7D. The van der Waals surface area contributed by atoms with Crippen LogP contribution in [0, 0.1) is 0 Å². The van der Waals surface area contributed by atoms with Crippen molar-refractivity contribution in [2.24, 2.45) is 7.05 Å². The third-order valence-electron chi connectivity index (χ3n) is 6.05.